The first-order valence-electron chi connectivity index (χ1n) is 11.0. The van der Waals surface area contributed by atoms with Crippen molar-refractivity contribution >= 4 is 55.4 Å². The average Bonchev–Trinajstić information content (AvgIpc) is 3.48. The Morgan fingerprint density at radius 1 is 0.947 bits per heavy atom. The summed E-state index contributed by atoms with van der Waals surface area (Å²) in [5, 5.41) is 19.3. The van der Waals surface area contributed by atoms with Gasteiger partial charge in [-0.05, 0) is 66.2 Å². The van der Waals surface area contributed by atoms with Crippen molar-refractivity contribution in [2.75, 3.05) is 4.90 Å². The second-order valence-electron chi connectivity index (χ2n) is 8.39. The van der Waals surface area contributed by atoms with Crippen LogP contribution in [0.2, 0.25) is 5.02 Å². The molecule has 2 heterocycles. The minimum Gasteiger partial charge on any atom is -0.508 e. The van der Waals surface area contributed by atoms with Crippen molar-refractivity contribution in [1.29, 1.82) is 0 Å². The summed E-state index contributed by atoms with van der Waals surface area (Å²) >= 11 is 6.85. The molecule has 1 aliphatic heterocycles. The fourth-order valence-corrected chi connectivity index (χ4v) is 6.96. The first-order chi connectivity index (χ1) is 18.1. The maximum Gasteiger partial charge on any atom is 0.297 e. The van der Waals surface area contributed by atoms with Crippen LogP contribution in [0, 0.1) is 5.92 Å². The van der Waals surface area contributed by atoms with Crippen molar-refractivity contribution in [1.82, 2.24) is 4.98 Å². The van der Waals surface area contributed by atoms with Crippen LogP contribution in [-0.4, -0.2) is 41.1 Å². The predicted octanol–water partition coefficient (Wildman–Crippen LogP) is 4.20. The Morgan fingerprint density at radius 3 is 2.21 bits per heavy atom. The van der Waals surface area contributed by atoms with Gasteiger partial charge in [-0.2, -0.15) is 0 Å². The summed E-state index contributed by atoms with van der Waals surface area (Å²) in [4.78, 5) is 45.1. The van der Waals surface area contributed by atoms with Crippen LogP contribution < -0.4 is 4.90 Å². The maximum absolute atomic E-state index is 13.5. The molecule has 192 valence electrons. The van der Waals surface area contributed by atoms with Gasteiger partial charge < -0.3 is 10.2 Å². The van der Waals surface area contributed by atoms with Crippen LogP contribution in [0.15, 0.2) is 88.1 Å². The second kappa shape index (κ2) is 9.67. The summed E-state index contributed by atoms with van der Waals surface area (Å²) < 4.78 is 26.1. The van der Waals surface area contributed by atoms with Crippen LogP contribution in [0.4, 0.5) is 5.13 Å². The fourth-order valence-electron chi connectivity index (χ4n) is 4.20. The molecule has 4 aromatic rings. The third-order valence-electron chi connectivity index (χ3n) is 6.02. The lowest BCUT2D eigenvalue weighted by Gasteiger charge is -2.25. The number of hydrogen-bond acceptors (Lipinski definition) is 9. The van der Waals surface area contributed by atoms with E-state index >= 15 is 0 Å². The van der Waals surface area contributed by atoms with Gasteiger partial charge in [0.25, 0.3) is 5.91 Å². The predicted molar refractivity (Wildman–Crippen MR) is 138 cm³/mol. The lowest BCUT2D eigenvalue weighted by molar-refractivity contribution is -0.135. The van der Waals surface area contributed by atoms with Crippen molar-refractivity contribution in [2.45, 2.75) is 15.1 Å². The van der Waals surface area contributed by atoms with Gasteiger partial charge in [-0.15, -0.1) is 0 Å². The van der Waals surface area contributed by atoms with Gasteiger partial charge in [-0.25, -0.2) is 13.4 Å². The Bertz CT molecular complexity index is 1680. The van der Waals surface area contributed by atoms with Gasteiger partial charge in [0, 0.05) is 10.6 Å². The summed E-state index contributed by atoms with van der Waals surface area (Å²) in [6, 6.07) is 15.4. The van der Waals surface area contributed by atoms with Gasteiger partial charge in [0.1, 0.15) is 21.6 Å². The van der Waals surface area contributed by atoms with Crippen LogP contribution in [-0.2, 0) is 19.4 Å². The molecule has 0 saturated carbocycles. The highest BCUT2D eigenvalue weighted by Gasteiger charge is 2.53. The summed E-state index contributed by atoms with van der Waals surface area (Å²) in [5.41, 5.74) is 0.490. The number of aromatic hydroxyl groups is 2. The number of nitrogens with zero attached hydrogens (tertiary/aromatic N) is 2. The van der Waals surface area contributed by atoms with Crippen molar-refractivity contribution in [3.63, 3.8) is 0 Å². The first-order valence-corrected chi connectivity index (χ1v) is 13.7. The first kappa shape index (κ1) is 25.6. The molecular weight excluding hydrogens is 552 g/mol. The van der Waals surface area contributed by atoms with Crippen molar-refractivity contribution < 1.29 is 33.0 Å². The number of anilines is 1. The lowest BCUT2D eigenvalue weighted by Crippen LogP contribution is -2.30. The van der Waals surface area contributed by atoms with E-state index < -0.39 is 39.3 Å². The highest BCUT2D eigenvalue weighted by molar-refractivity contribution is 7.93. The van der Waals surface area contributed by atoms with E-state index in [1.807, 2.05) is 0 Å². The van der Waals surface area contributed by atoms with E-state index in [4.69, 9.17) is 11.6 Å². The molecule has 2 N–H and O–H groups in total. The maximum atomic E-state index is 13.5. The Morgan fingerprint density at radius 2 is 1.58 bits per heavy atom. The monoisotopic (exact) mass is 568 g/mol. The molecule has 2 atom stereocenters. The summed E-state index contributed by atoms with van der Waals surface area (Å²) in [5.74, 6) is -4.30. The molecule has 0 spiro atoms. The molecule has 0 aliphatic carbocycles. The van der Waals surface area contributed by atoms with Crippen molar-refractivity contribution in [3.05, 3.63) is 95.1 Å². The number of phenolic OH excluding ortho intramolecular Hbond substituents is 2. The minimum absolute atomic E-state index is 0.0754. The highest BCUT2D eigenvalue weighted by atomic mass is 35.5. The molecule has 1 aliphatic rings. The van der Waals surface area contributed by atoms with E-state index in [1.165, 1.54) is 54.6 Å². The zero-order valence-corrected chi connectivity index (χ0v) is 21.6. The van der Waals surface area contributed by atoms with Gasteiger partial charge >= 0.3 is 0 Å². The number of rotatable bonds is 6. The topological polar surface area (TPSA) is 142 Å². The van der Waals surface area contributed by atoms with Crippen LogP contribution in [0.5, 0.6) is 11.5 Å². The van der Waals surface area contributed by atoms with Gasteiger partial charge in [-0.1, -0.05) is 35.1 Å². The Labute approximate surface area is 225 Å². The van der Waals surface area contributed by atoms with Crippen LogP contribution in [0.3, 0.4) is 0 Å². The molecule has 1 saturated heterocycles. The lowest BCUT2D eigenvalue weighted by atomic mass is 9.86. The van der Waals surface area contributed by atoms with E-state index in [-0.39, 0.29) is 31.3 Å². The fraction of sp³-hybridized carbons (Fsp3) is 0.0769. The number of benzene rings is 3. The number of thiazole rings is 1. The van der Waals surface area contributed by atoms with Crippen molar-refractivity contribution in [2.24, 2.45) is 5.92 Å². The molecule has 0 bridgehead atoms. The molecule has 9 nitrogen and oxygen atoms in total. The summed E-state index contributed by atoms with van der Waals surface area (Å²) in [6.07, 6.45) is 1.07. The number of aromatic nitrogens is 1. The zero-order valence-electron chi connectivity index (χ0n) is 19.2. The molecule has 1 fully saturated rings. The number of Topliss-reactive ketones (excluding diaryl/α,β-unsaturated/α-hetero) is 2. The van der Waals surface area contributed by atoms with Gasteiger partial charge in [0.15, 0.2) is 10.9 Å². The molecule has 3 aromatic carbocycles. The van der Waals surface area contributed by atoms with E-state index in [2.05, 4.69) is 4.98 Å². The van der Waals surface area contributed by atoms with Gasteiger partial charge in [0.2, 0.25) is 15.6 Å². The number of sulfone groups is 1. The second-order valence-corrected chi connectivity index (χ2v) is 12.0. The molecule has 2 unspecified atom stereocenters. The van der Waals surface area contributed by atoms with Crippen LogP contribution >= 0.6 is 22.9 Å². The Balaban J connectivity index is 1.60. The quantitative estimate of drug-likeness (QED) is 0.200. The standard InChI is InChI=1S/C26H17ClN2O7S2/c27-16-3-1-2-15(12-16)22-21(23(32)14-4-6-17(30)7-5-14)24(33)25(34)29(22)26-28-13-20(37-26)38(35,36)19-10-8-18(31)9-11-19/h1-13,21-22,30-31H. The Hall–Kier alpha value is -4.06. The van der Waals surface area contributed by atoms with Gasteiger partial charge in [0.05, 0.1) is 17.1 Å². The molecule has 0 radical (unpaired) electrons. The van der Waals surface area contributed by atoms with Gasteiger partial charge in [-0.3, -0.25) is 19.3 Å². The highest BCUT2D eigenvalue weighted by Crippen LogP contribution is 2.44. The summed E-state index contributed by atoms with van der Waals surface area (Å²) in [7, 11) is -4.05. The van der Waals surface area contributed by atoms with Crippen LogP contribution in [0.1, 0.15) is 22.0 Å². The third-order valence-corrected chi connectivity index (χ3v) is 9.48. The van der Waals surface area contributed by atoms with E-state index in [1.54, 1.807) is 18.2 Å². The number of amides is 1. The largest absolute Gasteiger partial charge is 0.508 e. The third kappa shape index (κ3) is 4.44. The molecule has 12 heteroatoms. The number of carbonyl (C=O) groups excluding carboxylic acids is 3. The van der Waals surface area contributed by atoms with E-state index in [9.17, 15) is 33.0 Å². The molecule has 1 aromatic heterocycles. The molecule has 1 amide bonds. The average molecular weight is 569 g/mol. The SMILES string of the molecule is O=C1C(=O)N(c2ncc(S(=O)(=O)c3ccc(O)cc3)s2)C(c2cccc(Cl)c2)C1C(=O)c1ccc(O)cc1. The summed E-state index contributed by atoms with van der Waals surface area (Å²) in [6.45, 7) is 0. The minimum atomic E-state index is -4.05. The van der Waals surface area contributed by atoms with E-state index in [0.29, 0.717) is 21.9 Å². The number of ketones is 2. The number of hydrogen-bond donors (Lipinski definition) is 2. The number of phenols is 2. The number of halogens is 1. The molecular formula is C26H17ClN2O7S2. The molecule has 38 heavy (non-hydrogen) atoms. The van der Waals surface area contributed by atoms with Crippen molar-refractivity contribution in [3.8, 4) is 11.5 Å². The Kier molecular flexibility index (Phi) is 6.51. The van der Waals surface area contributed by atoms with Crippen LogP contribution in [0.25, 0.3) is 0 Å². The number of carbonyl (C=O) groups is 3. The van der Waals surface area contributed by atoms with E-state index in [0.717, 1.165) is 11.1 Å². The zero-order chi connectivity index (χ0) is 27.2. The molecule has 5 rings (SSSR count). The normalized spacial score (nSPS) is 17.7. The smallest absolute Gasteiger partial charge is 0.297 e.